The summed E-state index contributed by atoms with van der Waals surface area (Å²) in [5.41, 5.74) is 2.88. The predicted octanol–water partition coefficient (Wildman–Crippen LogP) is 4.75. The van der Waals surface area contributed by atoms with Crippen LogP contribution in [0.3, 0.4) is 0 Å². The molecule has 3 rings (SSSR count). The highest BCUT2D eigenvalue weighted by molar-refractivity contribution is 9.10. The van der Waals surface area contributed by atoms with Gasteiger partial charge < -0.3 is 10.2 Å². The monoisotopic (exact) mass is 376 g/mol. The summed E-state index contributed by atoms with van der Waals surface area (Å²) in [5, 5.41) is 2.79. The number of anilines is 2. The number of nitrogens with zero attached hydrogens (tertiary/aromatic N) is 1. The summed E-state index contributed by atoms with van der Waals surface area (Å²) >= 11 is 3.26. The molecule has 120 valence electrons. The molecule has 23 heavy (non-hydrogen) atoms. The Morgan fingerprint density at radius 3 is 2.61 bits per heavy atom. The normalized spacial score (nSPS) is 14.1. The second-order valence-electron chi connectivity index (χ2n) is 5.77. The lowest BCUT2D eigenvalue weighted by atomic mass is 10.1. The highest BCUT2D eigenvalue weighted by Crippen LogP contribution is 2.26. The zero-order valence-electron chi connectivity index (χ0n) is 12.9. The van der Waals surface area contributed by atoms with Gasteiger partial charge in [0.05, 0.1) is 5.56 Å². The number of carbonyl (C=O) groups excluding carboxylic acids is 1. The molecule has 0 spiro atoms. The van der Waals surface area contributed by atoms with Gasteiger partial charge in [-0.05, 0) is 61.7 Å². The van der Waals surface area contributed by atoms with Crippen molar-refractivity contribution in [3.05, 3.63) is 57.8 Å². The highest BCUT2D eigenvalue weighted by atomic mass is 79.9. The minimum atomic E-state index is -0.531. The van der Waals surface area contributed by atoms with E-state index in [2.05, 4.69) is 32.2 Å². The van der Waals surface area contributed by atoms with E-state index in [0.29, 0.717) is 10.2 Å². The van der Waals surface area contributed by atoms with Crippen molar-refractivity contribution in [2.45, 2.75) is 19.8 Å². The van der Waals surface area contributed by atoms with Gasteiger partial charge in [-0.15, -0.1) is 0 Å². The summed E-state index contributed by atoms with van der Waals surface area (Å²) in [6.45, 7) is 4.11. The largest absolute Gasteiger partial charge is 0.372 e. The Labute approximate surface area is 143 Å². The smallest absolute Gasteiger partial charge is 0.258 e. The first-order chi connectivity index (χ1) is 11.0. The second-order valence-corrected chi connectivity index (χ2v) is 6.69. The molecule has 1 amide bonds. The number of hydrogen-bond donors (Lipinski definition) is 1. The molecule has 2 aromatic rings. The summed E-state index contributed by atoms with van der Waals surface area (Å²) in [5.74, 6) is -0.974. The average Bonchev–Trinajstić information content (AvgIpc) is 3.06. The third-order valence-corrected chi connectivity index (χ3v) is 4.60. The van der Waals surface area contributed by atoms with Crippen LogP contribution in [-0.4, -0.2) is 19.0 Å². The van der Waals surface area contributed by atoms with Crippen LogP contribution in [0.1, 0.15) is 28.8 Å². The fourth-order valence-electron chi connectivity index (χ4n) is 2.82. The maximum Gasteiger partial charge on any atom is 0.258 e. The molecule has 0 aliphatic carbocycles. The van der Waals surface area contributed by atoms with Crippen LogP contribution in [0.15, 0.2) is 40.9 Å². The van der Waals surface area contributed by atoms with Crippen LogP contribution < -0.4 is 10.2 Å². The molecule has 0 atom stereocenters. The molecule has 1 aliphatic rings. The number of benzene rings is 2. The third kappa shape index (κ3) is 3.55. The van der Waals surface area contributed by atoms with Gasteiger partial charge in [0.1, 0.15) is 5.82 Å². The number of carbonyl (C=O) groups is 1. The molecular weight excluding hydrogens is 359 g/mol. The molecule has 3 nitrogen and oxygen atoms in total. The highest BCUT2D eigenvalue weighted by Gasteiger charge is 2.16. The van der Waals surface area contributed by atoms with Crippen molar-refractivity contribution in [3.63, 3.8) is 0 Å². The van der Waals surface area contributed by atoms with Crippen molar-refractivity contribution >= 4 is 33.2 Å². The number of halogens is 2. The quantitative estimate of drug-likeness (QED) is 0.837. The molecule has 5 heteroatoms. The van der Waals surface area contributed by atoms with Crippen molar-refractivity contribution < 1.29 is 9.18 Å². The van der Waals surface area contributed by atoms with Crippen LogP contribution in [0, 0.1) is 12.7 Å². The second kappa shape index (κ2) is 6.71. The fourth-order valence-corrected chi connectivity index (χ4v) is 3.18. The summed E-state index contributed by atoms with van der Waals surface area (Å²) in [4.78, 5) is 14.6. The molecule has 0 radical (unpaired) electrons. The van der Waals surface area contributed by atoms with Gasteiger partial charge in [0.2, 0.25) is 0 Å². The summed E-state index contributed by atoms with van der Waals surface area (Å²) in [6, 6.07) is 10.3. The van der Waals surface area contributed by atoms with Gasteiger partial charge in [0.25, 0.3) is 5.91 Å². The van der Waals surface area contributed by atoms with Crippen molar-refractivity contribution in [2.75, 3.05) is 23.3 Å². The molecule has 2 aromatic carbocycles. The van der Waals surface area contributed by atoms with Gasteiger partial charge >= 0.3 is 0 Å². The molecule has 1 aliphatic heterocycles. The van der Waals surface area contributed by atoms with Crippen molar-refractivity contribution in [3.8, 4) is 0 Å². The van der Waals surface area contributed by atoms with Crippen LogP contribution >= 0.6 is 15.9 Å². The first kappa shape index (κ1) is 16.0. The van der Waals surface area contributed by atoms with Crippen LogP contribution in [0.2, 0.25) is 0 Å². The lowest BCUT2D eigenvalue weighted by Gasteiger charge is -2.19. The molecule has 1 fully saturated rings. The molecule has 1 heterocycles. The number of rotatable bonds is 3. The van der Waals surface area contributed by atoms with E-state index < -0.39 is 11.7 Å². The summed E-state index contributed by atoms with van der Waals surface area (Å²) in [7, 11) is 0. The first-order valence-corrected chi connectivity index (χ1v) is 8.46. The molecule has 0 unspecified atom stereocenters. The van der Waals surface area contributed by atoms with Crippen LogP contribution in [0.4, 0.5) is 15.8 Å². The summed E-state index contributed by atoms with van der Waals surface area (Å²) < 4.78 is 14.5. The minimum Gasteiger partial charge on any atom is -0.372 e. The Morgan fingerprint density at radius 2 is 1.91 bits per heavy atom. The van der Waals surface area contributed by atoms with E-state index in [1.807, 2.05) is 19.1 Å². The van der Waals surface area contributed by atoms with Crippen molar-refractivity contribution in [2.24, 2.45) is 0 Å². The Hall–Kier alpha value is -1.88. The Balaban J connectivity index is 1.79. The predicted molar refractivity (Wildman–Crippen MR) is 94.7 cm³/mol. The van der Waals surface area contributed by atoms with E-state index in [4.69, 9.17) is 0 Å². The first-order valence-electron chi connectivity index (χ1n) is 7.66. The van der Waals surface area contributed by atoms with Crippen LogP contribution in [-0.2, 0) is 0 Å². The van der Waals surface area contributed by atoms with Gasteiger partial charge in [0, 0.05) is 28.9 Å². The molecular formula is C18H18BrFN2O. The third-order valence-electron chi connectivity index (χ3n) is 4.10. The molecule has 1 saturated heterocycles. The molecule has 1 N–H and O–H groups in total. The lowest BCUT2D eigenvalue weighted by Crippen LogP contribution is -2.18. The molecule has 0 bridgehead atoms. The van der Waals surface area contributed by atoms with E-state index in [1.54, 1.807) is 6.07 Å². The minimum absolute atomic E-state index is 0.0300. The molecule has 0 saturated carbocycles. The van der Waals surface area contributed by atoms with E-state index in [0.717, 1.165) is 18.7 Å². The maximum absolute atomic E-state index is 13.8. The number of aryl methyl sites for hydroxylation is 1. The number of hydrogen-bond acceptors (Lipinski definition) is 2. The zero-order valence-corrected chi connectivity index (χ0v) is 14.5. The summed E-state index contributed by atoms with van der Waals surface area (Å²) in [6.07, 6.45) is 2.44. The van der Waals surface area contributed by atoms with Gasteiger partial charge in [-0.25, -0.2) is 4.39 Å². The van der Waals surface area contributed by atoms with Crippen LogP contribution in [0.5, 0.6) is 0 Å². The standard InChI is InChI=1S/C18H18BrFN2O/c1-12-10-14(22-8-2-3-9-22)5-7-17(12)21-18(23)15-11-13(19)4-6-16(15)20/h4-7,10-11H,2-3,8-9H2,1H3,(H,21,23). The fraction of sp³-hybridized carbons (Fsp3) is 0.278. The van der Waals surface area contributed by atoms with E-state index in [1.165, 1.54) is 30.7 Å². The van der Waals surface area contributed by atoms with E-state index in [9.17, 15) is 9.18 Å². The maximum atomic E-state index is 13.8. The van der Waals surface area contributed by atoms with E-state index >= 15 is 0 Å². The van der Waals surface area contributed by atoms with Crippen molar-refractivity contribution in [1.29, 1.82) is 0 Å². The van der Waals surface area contributed by atoms with Gasteiger partial charge in [-0.1, -0.05) is 15.9 Å². The van der Waals surface area contributed by atoms with Crippen LogP contribution in [0.25, 0.3) is 0 Å². The molecule has 0 aromatic heterocycles. The SMILES string of the molecule is Cc1cc(N2CCCC2)ccc1NC(=O)c1cc(Br)ccc1F. The van der Waals surface area contributed by atoms with Gasteiger partial charge in [0.15, 0.2) is 0 Å². The zero-order chi connectivity index (χ0) is 16.4. The topological polar surface area (TPSA) is 32.3 Å². The average molecular weight is 377 g/mol. The Morgan fingerprint density at radius 1 is 1.17 bits per heavy atom. The van der Waals surface area contributed by atoms with E-state index in [-0.39, 0.29) is 5.56 Å². The number of nitrogens with one attached hydrogen (secondary N) is 1. The Bertz CT molecular complexity index is 742. The van der Waals surface area contributed by atoms with Gasteiger partial charge in [-0.3, -0.25) is 4.79 Å². The Kier molecular flexibility index (Phi) is 4.66. The van der Waals surface area contributed by atoms with Gasteiger partial charge in [-0.2, -0.15) is 0 Å². The number of amides is 1. The lowest BCUT2D eigenvalue weighted by molar-refractivity contribution is 0.102. The van der Waals surface area contributed by atoms with Crippen molar-refractivity contribution in [1.82, 2.24) is 0 Å².